The highest BCUT2D eigenvalue weighted by Crippen LogP contribution is 2.34. The lowest BCUT2D eigenvalue weighted by Crippen LogP contribution is -2.39. The summed E-state index contributed by atoms with van der Waals surface area (Å²) in [6.45, 7) is 11.2. The Morgan fingerprint density at radius 1 is 1.24 bits per heavy atom. The van der Waals surface area contributed by atoms with Crippen molar-refractivity contribution >= 4 is 23.7 Å². The number of urea groups is 1. The minimum Gasteiger partial charge on any atom is -0.336 e. The molecule has 5 heteroatoms. The number of nitrogens with one attached hydrogen (secondary N) is 1. The minimum atomic E-state index is -0.277. The van der Waals surface area contributed by atoms with Gasteiger partial charge in [-0.05, 0) is 56.9 Å². The Balaban J connectivity index is 2.22. The molecule has 0 bridgehead atoms. The number of rotatable bonds is 3. The van der Waals surface area contributed by atoms with Gasteiger partial charge in [-0.25, -0.2) is 4.79 Å². The van der Waals surface area contributed by atoms with Gasteiger partial charge in [-0.3, -0.25) is 9.69 Å². The van der Waals surface area contributed by atoms with E-state index in [9.17, 15) is 9.59 Å². The van der Waals surface area contributed by atoms with E-state index in [1.807, 2.05) is 6.92 Å². The first-order valence-electron chi connectivity index (χ1n) is 7.16. The molecule has 21 heavy (non-hydrogen) atoms. The molecule has 1 heterocycles. The van der Waals surface area contributed by atoms with Crippen LogP contribution in [0.4, 0.5) is 4.79 Å². The van der Waals surface area contributed by atoms with E-state index in [-0.39, 0.29) is 17.2 Å². The van der Waals surface area contributed by atoms with Gasteiger partial charge in [-0.2, -0.15) is 0 Å². The smallest absolute Gasteiger partial charge is 0.324 e. The fourth-order valence-corrected chi connectivity index (χ4v) is 3.74. The van der Waals surface area contributed by atoms with Gasteiger partial charge in [0, 0.05) is 18.0 Å². The Bertz CT molecular complexity index is 572. The molecule has 1 aliphatic heterocycles. The molecule has 3 amide bonds. The average molecular weight is 306 g/mol. The van der Waals surface area contributed by atoms with E-state index in [1.165, 1.54) is 27.2 Å². The normalized spacial score (nSPS) is 16.0. The lowest BCUT2D eigenvalue weighted by Gasteiger charge is -2.21. The molecule has 1 saturated heterocycles. The van der Waals surface area contributed by atoms with Crippen LogP contribution in [0, 0.1) is 27.7 Å². The summed E-state index contributed by atoms with van der Waals surface area (Å²) >= 11 is 1.55. The highest BCUT2D eigenvalue weighted by molar-refractivity contribution is 8.00. The molecule has 1 aromatic carbocycles. The van der Waals surface area contributed by atoms with E-state index in [0.29, 0.717) is 13.1 Å². The molecule has 1 N–H and O–H groups in total. The van der Waals surface area contributed by atoms with Gasteiger partial charge in [0.2, 0.25) is 5.91 Å². The number of carbonyl (C=O) groups excluding carboxylic acids is 2. The van der Waals surface area contributed by atoms with Crippen LogP contribution in [0.3, 0.4) is 0 Å². The molecule has 114 valence electrons. The van der Waals surface area contributed by atoms with Crippen LogP contribution in [-0.2, 0) is 4.79 Å². The summed E-state index contributed by atoms with van der Waals surface area (Å²) in [5.41, 5.74) is 4.90. The molecular formula is C16H22N2O2S. The van der Waals surface area contributed by atoms with E-state index in [1.54, 1.807) is 11.8 Å². The third-order valence-electron chi connectivity index (χ3n) is 4.06. The van der Waals surface area contributed by atoms with Crippen LogP contribution in [0.15, 0.2) is 11.0 Å². The van der Waals surface area contributed by atoms with Crippen molar-refractivity contribution < 1.29 is 9.59 Å². The Morgan fingerprint density at radius 3 is 2.29 bits per heavy atom. The van der Waals surface area contributed by atoms with E-state index >= 15 is 0 Å². The van der Waals surface area contributed by atoms with Crippen molar-refractivity contribution in [1.82, 2.24) is 10.2 Å². The zero-order valence-electron chi connectivity index (χ0n) is 13.2. The van der Waals surface area contributed by atoms with Gasteiger partial charge in [0.15, 0.2) is 0 Å². The van der Waals surface area contributed by atoms with Crippen molar-refractivity contribution in [2.75, 3.05) is 13.1 Å². The first-order chi connectivity index (χ1) is 9.82. The number of benzene rings is 1. The number of hydrogen-bond acceptors (Lipinski definition) is 3. The van der Waals surface area contributed by atoms with Gasteiger partial charge in [0.05, 0.1) is 5.25 Å². The van der Waals surface area contributed by atoms with Crippen molar-refractivity contribution in [3.05, 3.63) is 28.3 Å². The van der Waals surface area contributed by atoms with Crippen molar-refractivity contribution in [2.45, 2.75) is 44.8 Å². The van der Waals surface area contributed by atoms with E-state index in [2.05, 4.69) is 39.1 Å². The van der Waals surface area contributed by atoms with Crippen molar-refractivity contribution in [1.29, 1.82) is 0 Å². The third kappa shape index (κ3) is 3.07. The quantitative estimate of drug-likeness (QED) is 0.874. The van der Waals surface area contributed by atoms with E-state index < -0.39 is 0 Å². The van der Waals surface area contributed by atoms with Crippen LogP contribution in [0.2, 0.25) is 0 Å². The molecule has 1 unspecified atom stereocenters. The second kappa shape index (κ2) is 6.10. The van der Waals surface area contributed by atoms with Crippen molar-refractivity contribution in [3.8, 4) is 0 Å². The van der Waals surface area contributed by atoms with Gasteiger partial charge in [0.1, 0.15) is 0 Å². The SMILES string of the molecule is Cc1cc(C)c(C)c(SC(C)C(=O)N2CCNC2=O)c1C. The lowest BCUT2D eigenvalue weighted by atomic mass is 10.0. The second-order valence-corrected chi connectivity index (χ2v) is 6.92. The van der Waals surface area contributed by atoms with Crippen molar-refractivity contribution in [3.63, 3.8) is 0 Å². The summed E-state index contributed by atoms with van der Waals surface area (Å²) in [7, 11) is 0. The van der Waals surface area contributed by atoms with Crippen LogP contribution in [0.5, 0.6) is 0 Å². The number of hydrogen-bond donors (Lipinski definition) is 1. The zero-order chi connectivity index (χ0) is 15.7. The van der Waals surface area contributed by atoms with Crippen LogP contribution >= 0.6 is 11.8 Å². The van der Waals surface area contributed by atoms with Crippen LogP contribution < -0.4 is 5.32 Å². The van der Waals surface area contributed by atoms with Crippen LogP contribution in [0.25, 0.3) is 0 Å². The molecular weight excluding hydrogens is 284 g/mol. The Hall–Kier alpha value is -1.49. The lowest BCUT2D eigenvalue weighted by molar-refractivity contribution is -0.126. The summed E-state index contributed by atoms with van der Waals surface area (Å²) in [5, 5.41) is 2.40. The molecule has 1 atom stereocenters. The van der Waals surface area contributed by atoms with Crippen LogP contribution in [-0.4, -0.2) is 35.2 Å². The van der Waals surface area contributed by atoms with Crippen molar-refractivity contribution in [2.24, 2.45) is 0 Å². The second-order valence-electron chi connectivity index (χ2n) is 5.57. The molecule has 0 aliphatic carbocycles. The van der Waals surface area contributed by atoms with Gasteiger partial charge in [-0.1, -0.05) is 6.07 Å². The van der Waals surface area contributed by atoms with E-state index in [0.717, 1.165) is 4.90 Å². The third-order valence-corrected chi connectivity index (χ3v) is 5.47. The molecule has 0 spiro atoms. The molecule has 1 aliphatic rings. The number of nitrogens with zero attached hydrogens (tertiary/aromatic N) is 1. The summed E-state index contributed by atoms with van der Waals surface area (Å²) < 4.78 is 0. The molecule has 0 saturated carbocycles. The Morgan fingerprint density at radius 2 is 1.81 bits per heavy atom. The van der Waals surface area contributed by atoms with Crippen LogP contribution in [0.1, 0.15) is 29.2 Å². The Labute approximate surface area is 130 Å². The summed E-state index contributed by atoms with van der Waals surface area (Å²) in [6, 6.07) is 1.90. The van der Waals surface area contributed by atoms with Gasteiger partial charge >= 0.3 is 6.03 Å². The van der Waals surface area contributed by atoms with Gasteiger partial charge < -0.3 is 5.32 Å². The number of thioether (sulfide) groups is 1. The van der Waals surface area contributed by atoms with E-state index in [4.69, 9.17) is 0 Å². The van der Waals surface area contributed by atoms with Gasteiger partial charge in [-0.15, -0.1) is 11.8 Å². The molecule has 0 radical (unpaired) electrons. The number of imide groups is 1. The fourth-order valence-electron chi connectivity index (χ4n) is 2.49. The molecule has 2 rings (SSSR count). The number of carbonyl (C=O) groups is 2. The maximum Gasteiger partial charge on any atom is 0.324 e. The largest absolute Gasteiger partial charge is 0.336 e. The summed E-state index contributed by atoms with van der Waals surface area (Å²) in [5.74, 6) is -0.118. The standard InChI is InChI=1S/C16H22N2O2S/c1-9-8-10(2)12(4)14(11(9)3)21-13(5)15(19)18-7-6-17-16(18)20/h8,13H,6-7H2,1-5H3,(H,17,20). The number of amides is 3. The monoisotopic (exact) mass is 306 g/mol. The minimum absolute atomic E-state index is 0.118. The summed E-state index contributed by atoms with van der Waals surface area (Å²) in [4.78, 5) is 26.5. The molecule has 0 aromatic heterocycles. The predicted octanol–water partition coefficient (Wildman–Crippen LogP) is 2.95. The maximum atomic E-state index is 12.4. The fraction of sp³-hybridized carbons (Fsp3) is 0.500. The topological polar surface area (TPSA) is 49.4 Å². The number of aryl methyl sites for hydroxylation is 2. The zero-order valence-corrected chi connectivity index (χ0v) is 14.1. The first kappa shape index (κ1) is 15.9. The maximum absolute atomic E-state index is 12.4. The summed E-state index contributed by atoms with van der Waals surface area (Å²) in [6.07, 6.45) is 0. The highest BCUT2D eigenvalue weighted by Gasteiger charge is 2.30. The Kier molecular flexibility index (Phi) is 4.61. The molecule has 4 nitrogen and oxygen atoms in total. The molecule has 1 fully saturated rings. The first-order valence-corrected chi connectivity index (χ1v) is 8.04. The van der Waals surface area contributed by atoms with Gasteiger partial charge in [0.25, 0.3) is 0 Å². The predicted molar refractivity (Wildman–Crippen MR) is 85.8 cm³/mol. The highest BCUT2D eigenvalue weighted by atomic mass is 32.2. The molecule has 1 aromatic rings. The average Bonchev–Trinajstić information content (AvgIpc) is 2.86.